The molecule has 1 aromatic rings. The number of benzene rings is 1. The van der Waals surface area contributed by atoms with Crippen LogP contribution in [0.2, 0.25) is 0 Å². The summed E-state index contributed by atoms with van der Waals surface area (Å²) in [7, 11) is 0. The van der Waals surface area contributed by atoms with Gasteiger partial charge in [0.2, 0.25) is 6.41 Å². The van der Waals surface area contributed by atoms with E-state index in [4.69, 9.17) is 0 Å². The summed E-state index contributed by atoms with van der Waals surface area (Å²) in [5.74, 6) is -0.246. The zero-order valence-electron chi connectivity index (χ0n) is 7.02. The van der Waals surface area contributed by atoms with Gasteiger partial charge in [-0.1, -0.05) is 0 Å². The summed E-state index contributed by atoms with van der Waals surface area (Å²) in [5, 5.41) is 2.50. The van der Waals surface area contributed by atoms with Gasteiger partial charge in [-0.3, -0.25) is 4.79 Å². The van der Waals surface area contributed by atoms with Crippen LogP contribution in [-0.2, 0) is 4.79 Å². The molecule has 1 aromatic carbocycles. The van der Waals surface area contributed by atoms with Gasteiger partial charge >= 0.3 is 0 Å². The Morgan fingerprint density at radius 3 is 2.58 bits per heavy atom. The minimum atomic E-state index is -0.246. The lowest BCUT2D eigenvalue weighted by atomic mass is 10.1. The molecule has 1 rings (SSSR count). The molecule has 1 N–H and O–H groups in total. The first-order chi connectivity index (χ1) is 5.66. The van der Waals surface area contributed by atoms with Crippen molar-refractivity contribution < 1.29 is 9.18 Å². The van der Waals surface area contributed by atoms with Gasteiger partial charge in [0, 0.05) is 5.69 Å². The van der Waals surface area contributed by atoms with Crippen molar-refractivity contribution in [2.24, 2.45) is 0 Å². The van der Waals surface area contributed by atoms with Gasteiger partial charge < -0.3 is 5.32 Å². The minimum Gasteiger partial charge on any atom is -0.328 e. The van der Waals surface area contributed by atoms with Gasteiger partial charge in [0.25, 0.3) is 0 Å². The summed E-state index contributed by atoms with van der Waals surface area (Å²) in [6.45, 7) is 3.45. The van der Waals surface area contributed by atoms with Crippen LogP contribution in [0.5, 0.6) is 0 Å². The van der Waals surface area contributed by atoms with E-state index in [1.807, 2.05) is 0 Å². The lowest BCUT2D eigenvalue weighted by molar-refractivity contribution is -0.105. The number of hydrogen-bond acceptors (Lipinski definition) is 1. The van der Waals surface area contributed by atoms with E-state index in [9.17, 15) is 9.18 Å². The topological polar surface area (TPSA) is 29.1 Å². The van der Waals surface area contributed by atoms with E-state index in [2.05, 4.69) is 5.32 Å². The summed E-state index contributed by atoms with van der Waals surface area (Å²) in [6, 6.07) is 2.89. The summed E-state index contributed by atoms with van der Waals surface area (Å²) in [5.41, 5.74) is 1.99. The fraction of sp³-hybridized carbons (Fsp3) is 0.222. The Morgan fingerprint density at radius 1 is 1.33 bits per heavy atom. The van der Waals surface area contributed by atoms with Crippen LogP contribution in [-0.4, -0.2) is 6.41 Å². The maximum atomic E-state index is 12.9. The quantitative estimate of drug-likeness (QED) is 0.671. The maximum absolute atomic E-state index is 12.9. The molecule has 0 aliphatic rings. The van der Waals surface area contributed by atoms with Gasteiger partial charge in [-0.15, -0.1) is 0 Å². The summed E-state index contributed by atoms with van der Waals surface area (Å²) >= 11 is 0. The molecule has 0 heterocycles. The number of halogens is 1. The van der Waals surface area contributed by atoms with E-state index in [0.717, 1.165) is 5.56 Å². The van der Waals surface area contributed by atoms with Crippen LogP contribution in [0.25, 0.3) is 0 Å². The highest BCUT2D eigenvalue weighted by atomic mass is 19.1. The van der Waals surface area contributed by atoms with Crippen molar-refractivity contribution in [2.45, 2.75) is 13.8 Å². The Bertz CT molecular complexity index is 310. The van der Waals surface area contributed by atoms with Gasteiger partial charge in [0.1, 0.15) is 5.82 Å². The fourth-order valence-electron chi connectivity index (χ4n) is 1.01. The second kappa shape index (κ2) is 3.34. The largest absolute Gasteiger partial charge is 0.328 e. The Labute approximate surface area is 70.4 Å². The van der Waals surface area contributed by atoms with Crippen molar-refractivity contribution in [2.75, 3.05) is 5.32 Å². The van der Waals surface area contributed by atoms with E-state index < -0.39 is 0 Å². The molecule has 64 valence electrons. The van der Waals surface area contributed by atoms with Crippen molar-refractivity contribution in [3.05, 3.63) is 29.1 Å². The predicted molar refractivity (Wildman–Crippen MR) is 45.6 cm³/mol. The van der Waals surface area contributed by atoms with Gasteiger partial charge in [0.05, 0.1) is 0 Å². The highest BCUT2D eigenvalue weighted by Crippen LogP contribution is 2.20. The minimum absolute atomic E-state index is 0.246. The van der Waals surface area contributed by atoms with E-state index in [1.54, 1.807) is 19.9 Å². The number of hydrogen-bond donors (Lipinski definition) is 1. The molecule has 0 saturated carbocycles. The second-order valence-corrected chi connectivity index (χ2v) is 2.61. The average molecular weight is 167 g/mol. The third kappa shape index (κ3) is 1.44. The van der Waals surface area contributed by atoms with Crippen LogP contribution in [0.4, 0.5) is 10.1 Å². The normalized spacial score (nSPS) is 9.58. The third-order valence-electron chi connectivity index (χ3n) is 1.94. The molecule has 0 radical (unpaired) electrons. The number of amides is 1. The average Bonchev–Trinajstić information content (AvgIpc) is 2.07. The molecule has 3 heteroatoms. The van der Waals surface area contributed by atoms with Gasteiger partial charge in [-0.25, -0.2) is 4.39 Å². The van der Waals surface area contributed by atoms with Gasteiger partial charge in [-0.2, -0.15) is 0 Å². The molecule has 0 atom stereocenters. The molecule has 0 aromatic heterocycles. The molecule has 0 unspecified atom stereocenters. The number of carbonyl (C=O) groups is 1. The first-order valence-electron chi connectivity index (χ1n) is 3.62. The van der Waals surface area contributed by atoms with E-state index in [0.29, 0.717) is 17.7 Å². The summed E-state index contributed by atoms with van der Waals surface area (Å²) in [4.78, 5) is 10.1. The molecule has 0 spiro atoms. The molecular weight excluding hydrogens is 157 g/mol. The van der Waals surface area contributed by atoms with E-state index >= 15 is 0 Å². The summed E-state index contributed by atoms with van der Waals surface area (Å²) < 4.78 is 12.9. The van der Waals surface area contributed by atoms with Crippen LogP contribution in [0.3, 0.4) is 0 Å². The zero-order valence-corrected chi connectivity index (χ0v) is 7.02. The van der Waals surface area contributed by atoms with Crippen LogP contribution in [0, 0.1) is 19.7 Å². The van der Waals surface area contributed by atoms with Crippen LogP contribution in [0.15, 0.2) is 12.1 Å². The lowest BCUT2D eigenvalue weighted by Gasteiger charge is -2.07. The molecule has 0 bridgehead atoms. The molecule has 1 amide bonds. The first-order valence-corrected chi connectivity index (χ1v) is 3.62. The molecular formula is C9H10FNO. The Hall–Kier alpha value is -1.38. The number of rotatable bonds is 2. The SMILES string of the molecule is Cc1c(F)ccc(NC=O)c1C. The first kappa shape index (κ1) is 8.71. The second-order valence-electron chi connectivity index (χ2n) is 2.61. The number of carbonyl (C=O) groups excluding carboxylic acids is 1. The van der Waals surface area contributed by atoms with Crippen LogP contribution < -0.4 is 5.32 Å². The van der Waals surface area contributed by atoms with Crippen molar-refractivity contribution in [3.8, 4) is 0 Å². The molecule has 12 heavy (non-hydrogen) atoms. The van der Waals surface area contributed by atoms with E-state index in [1.165, 1.54) is 6.07 Å². The molecule has 2 nitrogen and oxygen atoms in total. The number of nitrogens with one attached hydrogen (secondary N) is 1. The standard InChI is InChI=1S/C9H10FNO/c1-6-7(2)9(11-5-12)4-3-8(6)10/h3-5H,1-2H3,(H,11,12). The summed E-state index contributed by atoms with van der Waals surface area (Å²) in [6.07, 6.45) is 0.583. The van der Waals surface area contributed by atoms with Crippen LogP contribution >= 0.6 is 0 Å². The smallest absolute Gasteiger partial charge is 0.211 e. The highest BCUT2D eigenvalue weighted by molar-refractivity contribution is 5.73. The van der Waals surface area contributed by atoms with E-state index in [-0.39, 0.29) is 5.82 Å². The molecule has 0 fully saturated rings. The van der Waals surface area contributed by atoms with Crippen molar-refractivity contribution in [1.29, 1.82) is 0 Å². The highest BCUT2D eigenvalue weighted by Gasteiger charge is 2.04. The molecule has 0 aliphatic heterocycles. The van der Waals surface area contributed by atoms with Gasteiger partial charge in [0.15, 0.2) is 0 Å². The zero-order chi connectivity index (χ0) is 9.14. The van der Waals surface area contributed by atoms with Crippen LogP contribution in [0.1, 0.15) is 11.1 Å². The monoisotopic (exact) mass is 167 g/mol. The maximum Gasteiger partial charge on any atom is 0.211 e. The predicted octanol–water partition coefficient (Wildman–Crippen LogP) is 2.01. The van der Waals surface area contributed by atoms with Crippen molar-refractivity contribution in [3.63, 3.8) is 0 Å². The number of anilines is 1. The van der Waals surface area contributed by atoms with Crippen molar-refractivity contribution >= 4 is 12.1 Å². The van der Waals surface area contributed by atoms with Gasteiger partial charge in [-0.05, 0) is 37.1 Å². The fourth-order valence-corrected chi connectivity index (χ4v) is 1.01. The Balaban J connectivity index is 3.16. The Morgan fingerprint density at radius 2 is 2.00 bits per heavy atom. The lowest BCUT2D eigenvalue weighted by Crippen LogP contribution is -1.99. The molecule has 0 saturated heterocycles. The molecule has 0 aliphatic carbocycles. The van der Waals surface area contributed by atoms with Crippen molar-refractivity contribution in [1.82, 2.24) is 0 Å². The Kier molecular flexibility index (Phi) is 2.43. The third-order valence-corrected chi connectivity index (χ3v) is 1.94.